The van der Waals surface area contributed by atoms with Crippen LogP contribution in [-0.2, 0) is 13.1 Å². The van der Waals surface area contributed by atoms with Crippen molar-refractivity contribution in [2.24, 2.45) is 4.99 Å². The first-order valence-electron chi connectivity index (χ1n) is 7.97. The average molecular weight is 351 g/mol. The Bertz CT molecular complexity index is 685. The third-order valence-corrected chi connectivity index (χ3v) is 3.60. The largest absolute Gasteiger partial charge is 0.497 e. The van der Waals surface area contributed by atoms with Crippen LogP contribution in [0.2, 0.25) is 0 Å². The van der Waals surface area contributed by atoms with E-state index >= 15 is 0 Å². The zero-order valence-electron chi connectivity index (χ0n) is 14.6. The number of nitrogens with one attached hydrogen (secondary N) is 1. The zero-order chi connectivity index (χ0) is 18.2. The molecule has 0 bridgehead atoms. The predicted octanol–water partition coefficient (Wildman–Crippen LogP) is 2.88. The summed E-state index contributed by atoms with van der Waals surface area (Å²) in [5.74, 6) is 1.65. The highest BCUT2D eigenvalue weighted by Crippen LogP contribution is 2.14. The molecular weight excluding hydrogens is 328 g/mol. The molecule has 2 aromatic rings. The lowest BCUT2D eigenvalue weighted by atomic mass is 10.2. The van der Waals surface area contributed by atoms with Crippen molar-refractivity contribution in [2.45, 2.75) is 26.6 Å². The van der Waals surface area contributed by atoms with Crippen LogP contribution in [0.5, 0.6) is 5.75 Å². The van der Waals surface area contributed by atoms with Crippen molar-refractivity contribution in [2.75, 3.05) is 20.7 Å². The number of alkyl halides is 2. The summed E-state index contributed by atoms with van der Waals surface area (Å²) in [5, 5.41) is 3.16. The van der Waals surface area contributed by atoms with Gasteiger partial charge in [-0.05, 0) is 24.6 Å². The normalized spacial score (nSPS) is 11.7. The molecule has 6 nitrogen and oxygen atoms in total. The number of imidazole rings is 1. The molecule has 0 aliphatic heterocycles. The summed E-state index contributed by atoms with van der Waals surface area (Å²) in [5.41, 5.74) is 1.09. The van der Waals surface area contributed by atoms with Crippen LogP contribution in [0.3, 0.4) is 0 Å². The van der Waals surface area contributed by atoms with Gasteiger partial charge in [-0.1, -0.05) is 12.1 Å². The number of ether oxygens (including phenoxy) is 1. The maximum absolute atomic E-state index is 12.9. The van der Waals surface area contributed by atoms with Crippen molar-refractivity contribution in [3.8, 4) is 5.75 Å². The van der Waals surface area contributed by atoms with Crippen molar-refractivity contribution in [1.82, 2.24) is 19.8 Å². The summed E-state index contributed by atoms with van der Waals surface area (Å²) in [6, 6.07) is 7.74. The molecule has 0 saturated carbocycles. The van der Waals surface area contributed by atoms with Crippen LogP contribution >= 0.6 is 0 Å². The molecule has 0 aliphatic rings. The Labute approximate surface area is 146 Å². The molecule has 0 aliphatic carbocycles. The molecule has 0 spiro atoms. The van der Waals surface area contributed by atoms with Gasteiger partial charge >= 0.3 is 6.55 Å². The van der Waals surface area contributed by atoms with Crippen molar-refractivity contribution >= 4 is 5.96 Å². The minimum atomic E-state index is -2.62. The standard InChI is InChI=1S/C17H23F2N5O/c1-4-20-17(22-11-15-21-9-10-24(15)16(18)19)23(2)12-13-5-7-14(25-3)8-6-13/h5-10,16H,4,11-12H2,1-3H3,(H,20,22). The van der Waals surface area contributed by atoms with Gasteiger partial charge in [-0.2, -0.15) is 8.78 Å². The summed E-state index contributed by atoms with van der Waals surface area (Å²) in [7, 11) is 3.52. The zero-order valence-corrected chi connectivity index (χ0v) is 14.6. The van der Waals surface area contributed by atoms with Gasteiger partial charge in [0.25, 0.3) is 0 Å². The number of rotatable bonds is 7. The molecule has 1 heterocycles. The first kappa shape index (κ1) is 18.7. The quantitative estimate of drug-likeness (QED) is 0.616. The Morgan fingerprint density at radius 2 is 2.08 bits per heavy atom. The summed E-state index contributed by atoms with van der Waals surface area (Å²) >= 11 is 0. The van der Waals surface area contributed by atoms with Gasteiger partial charge in [-0.15, -0.1) is 0 Å². The van der Waals surface area contributed by atoms with Crippen molar-refractivity contribution < 1.29 is 13.5 Å². The highest BCUT2D eigenvalue weighted by atomic mass is 19.3. The fraction of sp³-hybridized carbons (Fsp3) is 0.412. The molecule has 0 saturated heterocycles. The second-order valence-corrected chi connectivity index (χ2v) is 5.40. The molecule has 1 aromatic carbocycles. The molecule has 8 heteroatoms. The van der Waals surface area contributed by atoms with E-state index in [0.717, 1.165) is 15.9 Å². The highest BCUT2D eigenvalue weighted by molar-refractivity contribution is 5.79. The van der Waals surface area contributed by atoms with Gasteiger partial charge in [-0.3, -0.25) is 4.57 Å². The van der Waals surface area contributed by atoms with Gasteiger partial charge in [0.2, 0.25) is 0 Å². The second-order valence-electron chi connectivity index (χ2n) is 5.40. The van der Waals surface area contributed by atoms with Gasteiger partial charge in [0.15, 0.2) is 5.96 Å². The minimum absolute atomic E-state index is 0.0760. The predicted molar refractivity (Wildman–Crippen MR) is 92.8 cm³/mol. The number of benzene rings is 1. The number of methoxy groups -OCH3 is 1. The molecular formula is C17H23F2N5O. The molecule has 0 atom stereocenters. The highest BCUT2D eigenvalue weighted by Gasteiger charge is 2.12. The Kier molecular flexibility index (Phi) is 6.73. The second kappa shape index (κ2) is 9.00. The Morgan fingerprint density at radius 3 is 2.68 bits per heavy atom. The van der Waals surface area contributed by atoms with Gasteiger partial charge in [0.1, 0.15) is 18.1 Å². The third-order valence-electron chi connectivity index (χ3n) is 3.60. The van der Waals surface area contributed by atoms with Crippen molar-refractivity contribution in [3.63, 3.8) is 0 Å². The van der Waals surface area contributed by atoms with Crippen LogP contribution in [0.25, 0.3) is 0 Å². The number of aromatic nitrogens is 2. The van der Waals surface area contributed by atoms with Crippen molar-refractivity contribution in [1.29, 1.82) is 0 Å². The molecule has 0 fully saturated rings. The summed E-state index contributed by atoms with van der Waals surface area (Å²) < 4.78 is 31.7. The van der Waals surface area contributed by atoms with Gasteiger partial charge < -0.3 is 15.0 Å². The molecule has 1 aromatic heterocycles. The van der Waals surface area contributed by atoms with Gasteiger partial charge in [-0.25, -0.2) is 9.98 Å². The van der Waals surface area contributed by atoms with E-state index in [0.29, 0.717) is 19.0 Å². The summed E-state index contributed by atoms with van der Waals surface area (Å²) in [6.45, 7) is 0.713. The van der Waals surface area contributed by atoms with E-state index in [1.165, 1.54) is 12.4 Å². The van der Waals surface area contributed by atoms with E-state index in [9.17, 15) is 8.78 Å². The van der Waals surface area contributed by atoms with Crippen LogP contribution in [0.4, 0.5) is 8.78 Å². The van der Waals surface area contributed by atoms with E-state index in [-0.39, 0.29) is 12.4 Å². The lowest BCUT2D eigenvalue weighted by Crippen LogP contribution is -2.38. The number of hydrogen-bond donors (Lipinski definition) is 1. The molecule has 0 amide bonds. The number of hydrogen-bond acceptors (Lipinski definition) is 3. The van der Waals surface area contributed by atoms with E-state index in [1.54, 1.807) is 7.11 Å². The average Bonchev–Trinajstić information content (AvgIpc) is 3.08. The van der Waals surface area contributed by atoms with Crippen molar-refractivity contribution in [3.05, 3.63) is 48.0 Å². The third kappa shape index (κ3) is 5.17. The topological polar surface area (TPSA) is 54.7 Å². The maximum Gasteiger partial charge on any atom is 0.319 e. The number of guanidine groups is 1. The number of aliphatic imine (C=N–C) groups is 1. The Balaban J connectivity index is 2.08. The molecule has 25 heavy (non-hydrogen) atoms. The van der Waals surface area contributed by atoms with Gasteiger partial charge in [0.05, 0.1) is 7.11 Å². The molecule has 1 N–H and O–H groups in total. The molecule has 0 unspecified atom stereocenters. The van der Waals surface area contributed by atoms with Gasteiger partial charge in [0, 0.05) is 32.5 Å². The Hall–Kier alpha value is -2.64. The lowest BCUT2D eigenvalue weighted by molar-refractivity contribution is 0.0671. The van der Waals surface area contributed by atoms with Crippen LogP contribution in [-0.4, -0.2) is 41.1 Å². The summed E-state index contributed by atoms with van der Waals surface area (Å²) in [6.07, 6.45) is 2.61. The first-order chi connectivity index (χ1) is 12.0. The summed E-state index contributed by atoms with van der Waals surface area (Å²) in [4.78, 5) is 10.3. The van der Waals surface area contributed by atoms with E-state index in [4.69, 9.17) is 4.74 Å². The number of halogens is 2. The van der Waals surface area contributed by atoms with E-state index in [2.05, 4.69) is 15.3 Å². The molecule has 0 radical (unpaired) electrons. The maximum atomic E-state index is 12.9. The van der Waals surface area contributed by atoms with Crippen LogP contribution in [0.1, 0.15) is 24.9 Å². The smallest absolute Gasteiger partial charge is 0.319 e. The van der Waals surface area contributed by atoms with Crippen LogP contribution in [0, 0.1) is 0 Å². The monoisotopic (exact) mass is 351 g/mol. The van der Waals surface area contributed by atoms with E-state index < -0.39 is 6.55 Å². The van der Waals surface area contributed by atoms with E-state index in [1.807, 2.05) is 43.1 Å². The first-order valence-corrected chi connectivity index (χ1v) is 7.97. The lowest BCUT2D eigenvalue weighted by Gasteiger charge is -2.22. The number of nitrogens with zero attached hydrogens (tertiary/aromatic N) is 4. The van der Waals surface area contributed by atoms with Crippen LogP contribution < -0.4 is 10.1 Å². The fourth-order valence-electron chi connectivity index (χ4n) is 2.34. The minimum Gasteiger partial charge on any atom is -0.497 e. The van der Waals surface area contributed by atoms with Crippen LogP contribution in [0.15, 0.2) is 41.7 Å². The Morgan fingerprint density at radius 1 is 1.36 bits per heavy atom. The fourth-order valence-corrected chi connectivity index (χ4v) is 2.34. The molecule has 136 valence electrons. The SMILES string of the molecule is CCNC(=NCc1nccn1C(F)F)N(C)Cc1ccc(OC)cc1. The molecule has 2 rings (SSSR count).